The van der Waals surface area contributed by atoms with Crippen molar-refractivity contribution in [2.24, 2.45) is 0 Å². The number of hydrogen-bond donors (Lipinski definition) is 4. The van der Waals surface area contributed by atoms with E-state index >= 15 is 0 Å². The van der Waals surface area contributed by atoms with Crippen molar-refractivity contribution in [3.63, 3.8) is 0 Å². The summed E-state index contributed by atoms with van der Waals surface area (Å²) in [7, 11) is 1.13. The number of aliphatic hydroxyl groups is 4. The summed E-state index contributed by atoms with van der Waals surface area (Å²) in [4.78, 5) is 0. The Hall–Kier alpha value is -0.377. The summed E-state index contributed by atoms with van der Waals surface area (Å²) in [6, 6.07) is 0. The Balaban J connectivity index is -0.000000189. The summed E-state index contributed by atoms with van der Waals surface area (Å²) in [6.45, 7) is 5.49. The van der Waals surface area contributed by atoms with Gasteiger partial charge in [-0.1, -0.05) is 40.0 Å². The Kier molecular flexibility index (Phi) is 33.8. The molecule has 0 heterocycles. The summed E-state index contributed by atoms with van der Waals surface area (Å²) in [5.41, 5.74) is -1.85. The van der Waals surface area contributed by atoms with Crippen molar-refractivity contribution < 1.29 is 68.9 Å². The van der Waals surface area contributed by atoms with E-state index in [9.17, 15) is 17.6 Å². The second-order valence-corrected chi connectivity index (χ2v) is 6.04. The first kappa shape index (κ1) is 37.9. The summed E-state index contributed by atoms with van der Waals surface area (Å²) in [5.74, 6) is -6.27. The van der Waals surface area contributed by atoms with E-state index in [-0.39, 0.29) is 26.2 Å². The van der Waals surface area contributed by atoms with Crippen LogP contribution in [0.5, 0.6) is 0 Å². The molecule has 0 radical (unpaired) electrons. The van der Waals surface area contributed by atoms with Gasteiger partial charge in [-0.05, 0) is 19.3 Å². The van der Waals surface area contributed by atoms with Crippen molar-refractivity contribution in [1.29, 1.82) is 0 Å². The zero-order valence-corrected chi connectivity index (χ0v) is 21.4. The smallest absolute Gasteiger partial charge is 0.167 e. The maximum Gasteiger partial charge on any atom is 0.167 e. The second kappa shape index (κ2) is 27.7. The largest absolute Gasteiger partial charge is 0.396 e. The van der Waals surface area contributed by atoms with Crippen molar-refractivity contribution in [3.05, 3.63) is 34.4 Å². The quantitative estimate of drug-likeness (QED) is 0.280. The molecular weight excluding hydrogens is 499 g/mol. The molecular formula is C21H38F4O5Zr. The van der Waals surface area contributed by atoms with Crippen molar-refractivity contribution >= 4 is 0 Å². The number of rotatable bonds is 9. The number of hydrogen-bond acceptors (Lipinski definition) is 5. The SMILES string of the molecule is CCCCO.CCCCO.CCCCO.COCc1c(F)c(F)c(CO)c(F)c1F.[Zr]. The first-order valence-corrected chi connectivity index (χ1v) is 10.0. The van der Waals surface area contributed by atoms with Gasteiger partial charge in [-0.2, -0.15) is 0 Å². The number of benzene rings is 1. The Labute approximate surface area is 202 Å². The van der Waals surface area contributed by atoms with Gasteiger partial charge in [-0.3, -0.25) is 0 Å². The van der Waals surface area contributed by atoms with E-state index in [1.165, 1.54) is 0 Å². The minimum absolute atomic E-state index is 0. The van der Waals surface area contributed by atoms with Gasteiger partial charge in [-0.25, -0.2) is 17.6 Å². The number of ether oxygens (including phenoxy) is 1. The monoisotopic (exact) mass is 536 g/mol. The molecule has 31 heavy (non-hydrogen) atoms. The van der Waals surface area contributed by atoms with E-state index in [0.717, 1.165) is 45.6 Å². The normalized spacial score (nSPS) is 9.29. The molecule has 0 amide bonds. The molecule has 0 unspecified atom stereocenters. The maximum atomic E-state index is 13.1. The van der Waals surface area contributed by atoms with Crippen LogP contribution in [0.3, 0.4) is 0 Å². The van der Waals surface area contributed by atoms with Crippen LogP contribution < -0.4 is 0 Å². The number of halogens is 4. The minimum Gasteiger partial charge on any atom is -0.396 e. The zero-order chi connectivity index (χ0) is 23.9. The molecule has 1 rings (SSSR count). The number of methoxy groups -OCH3 is 1. The average Bonchev–Trinajstić information content (AvgIpc) is 2.73. The molecule has 1 aromatic rings. The van der Waals surface area contributed by atoms with Crippen molar-refractivity contribution in [2.45, 2.75) is 72.5 Å². The van der Waals surface area contributed by atoms with Gasteiger partial charge >= 0.3 is 0 Å². The van der Waals surface area contributed by atoms with Crippen LogP contribution in [0.25, 0.3) is 0 Å². The van der Waals surface area contributed by atoms with Gasteiger partial charge in [0.1, 0.15) is 0 Å². The van der Waals surface area contributed by atoms with Gasteiger partial charge in [0.2, 0.25) is 0 Å². The van der Waals surface area contributed by atoms with E-state index in [1.54, 1.807) is 0 Å². The van der Waals surface area contributed by atoms with Gasteiger partial charge < -0.3 is 25.2 Å². The molecule has 1 aromatic carbocycles. The van der Waals surface area contributed by atoms with Gasteiger partial charge in [-0.15, -0.1) is 0 Å². The van der Waals surface area contributed by atoms with Crippen molar-refractivity contribution in [3.8, 4) is 0 Å². The first-order chi connectivity index (χ1) is 14.3. The topological polar surface area (TPSA) is 90.2 Å². The van der Waals surface area contributed by atoms with Crippen LogP contribution in [0.2, 0.25) is 0 Å². The molecule has 0 spiro atoms. The summed E-state index contributed by atoms with van der Waals surface area (Å²) >= 11 is 0. The molecule has 5 nitrogen and oxygen atoms in total. The fraction of sp³-hybridized carbons (Fsp3) is 0.714. The molecule has 184 valence electrons. The standard InChI is InChI=1S/C9H8F4O2.3C4H10O.Zr/c1-15-3-5-8(12)6(10)4(2-14)7(11)9(5)13;3*1-2-3-4-5;/h14H,2-3H2,1H3;3*5H,2-4H2,1H3;. The third-order valence-electron chi connectivity index (χ3n) is 3.43. The molecule has 0 aliphatic heterocycles. The molecule has 0 aliphatic rings. The first-order valence-electron chi connectivity index (χ1n) is 10.0. The number of aliphatic hydroxyl groups excluding tert-OH is 4. The predicted octanol–water partition coefficient (Wildman–Crippen LogP) is 4.22. The van der Waals surface area contributed by atoms with Gasteiger partial charge in [0.25, 0.3) is 0 Å². The third kappa shape index (κ3) is 18.9. The number of unbranched alkanes of at least 4 members (excludes halogenated alkanes) is 3. The van der Waals surface area contributed by atoms with Gasteiger partial charge in [0.15, 0.2) is 23.3 Å². The minimum atomic E-state index is -1.59. The third-order valence-corrected chi connectivity index (χ3v) is 3.43. The average molecular weight is 538 g/mol. The van der Waals surface area contributed by atoms with Crippen LogP contribution in [0.15, 0.2) is 0 Å². The van der Waals surface area contributed by atoms with Crippen LogP contribution in [-0.2, 0) is 44.2 Å². The molecule has 0 aliphatic carbocycles. The second-order valence-electron chi connectivity index (χ2n) is 6.04. The Morgan fingerprint density at radius 1 is 0.613 bits per heavy atom. The van der Waals surface area contributed by atoms with Crippen molar-refractivity contribution in [1.82, 2.24) is 0 Å². The van der Waals surface area contributed by atoms with E-state index < -0.39 is 47.6 Å². The van der Waals surface area contributed by atoms with Crippen molar-refractivity contribution in [2.75, 3.05) is 26.9 Å². The zero-order valence-electron chi connectivity index (χ0n) is 19.0. The van der Waals surface area contributed by atoms with Crippen LogP contribution in [0.1, 0.15) is 70.4 Å². The van der Waals surface area contributed by atoms with E-state index in [2.05, 4.69) is 25.5 Å². The Morgan fingerprint density at radius 3 is 1.06 bits per heavy atom. The summed E-state index contributed by atoms with van der Waals surface area (Å²) in [5, 5.41) is 32.7. The fourth-order valence-corrected chi connectivity index (χ4v) is 1.61. The molecule has 4 N–H and O–H groups in total. The van der Waals surface area contributed by atoms with E-state index in [1.807, 2.05) is 0 Å². The molecule has 0 saturated carbocycles. The molecule has 0 aromatic heterocycles. The van der Waals surface area contributed by atoms with Crippen LogP contribution in [0, 0.1) is 23.3 Å². The fourth-order valence-electron chi connectivity index (χ4n) is 1.61. The maximum absolute atomic E-state index is 13.1. The summed E-state index contributed by atoms with van der Waals surface area (Å²) in [6.07, 6.45) is 6.11. The molecule has 0 saturated heterocycles. The Morgan fingerprint density at radius 2 is 0.903 bits per heavy atom. The van der Waals surface area contributed by atoms with Crippen LogP contribution >= 0.6 is 0 Å². The molecule has 0 bridgehead atoms. The van der Waals surface area contributed by atoms with Gasteiger partial charge in [0, 0.05) is 53.1 Å². The van der Waals surface area contributed by atoms with E-state index in [4.69, 9.17) is 20.4 Å². The Bertz CT molecular complexity index is 474. The van der Waals surface area contributed by atoms with Crippen LogP contribution in [-0.4, -0.2) is 47.4 Å². The van der Waals surface area contributed by atoms with Gasteiger partial charge in [0.05, 0.1) is 24.3 Å². The molecule has 0 fully saturated rings. The molecule has 0 atom stereocenters. The van der Waals surface area contributed by atoms with Crippen LogP contribution in [0.4, 0.5) is 17.6 Å². The van der Waals surface area contributed by atoms with E-state index in [0.29, 0.717) is 19.8 Å². The molecule has 10 heteroatoms. The predicted molar refractivity (Wildman–Crippen MR) is 109 cm³/mol. The summed E-state index contributed by atoms with van der Waals surface area (Å²) < 4.78 is 56.7.